The van der Waals surface area contributed by atoms with Crippen LogP contribution >= 0.6 is 0 Å². The van der Waals surface area contributed by atoms with Gasteiger partial charge < -0.3 is 0 Å². The van der Waals surface area contributed by atoms with Crippen LogP contribution in [0.3, 0.4) is 0 Å². The number of hydrogen-bond donors (Lipinski definition) is 1. The molecule has 0 fully saturated rings. The highest BCUT2D eigenvalue weighted by Crippen LogP contribution is 2.25. The van der Waals surface area contributed by atoms with Crippen molar-refractivity contribution in [1.29, 1.82) is 0 Å². The van der Waals surface area contributed by atoms with Crippen molar-refractivity contribution in [2.24, 2.45) is 5.41 Å². The number of H-pyrrole nitrogens is 1. The Balaban J connectivity index is 2.50. The van der Waals surface area contributed by atoms with Gasteiger partial charge in [-0.3, -0.25) is 0 Å². The number of rotatable bonds is 4. The van der Waals surface area contributed by atoms with Gasteiger partial charge in [0.15, 0.2) is 5.82 Å². The molecule has 0 aliphatic rings. The quantitative estimate of drug-likeness (QED) is 0.742. The van der Waals surface area contributed by atoms with Gasteiger partial charge >= 0.3 is 0 Å². The molecule has 0 saturated heterocycles. The molecule has 0 aliphatic heterocycles. The lowest BCUT2D eigenvalue weighted by Gasteiger charge is -2.21. The second kappa shape index (κ2) is 3.65. The van der Waals surface area contributed by atoms with Crippen molar-refractivity contribution >= 4 is 0 Å². The molecule has 1 rings (SSSR count). The van der Waals surface area contributed by atoms with E-state index < -0.39 is 0 Å². The smallest absolute Gasteiger partial charge is 0.175 e. The summed E-state index contributed by atoms with van der Waals surface area (Å²) in [6.07, 6.45) is 3.30. The predicted octanol–water partition coefficient (Wildman–Crippen LogP) is 1.57. The molecule has 1 N–H and O–H groups in total. The van der Waals surface area contributed by atoms with Gasteiger partial charge in [-0.15, -0.1) is 10.2 Å². The monoisotopic (exact) mass is 168 g/mol. The maximum absolute atomic E-state index is 3.94. The summed E-state index contributed by atoms with van der Waals surface area (Å²) in [4.78, 5) is 0. The van der Waals surface area contributed by atoms with E-state index in [1.807, 2.05) is 0 Å². The van der Waals surface area contributed by atoms with E-state index in [-0.39, 0.29) is 0 Å². The second-order valence-electron chi connectivity index (χ2n) is 3.92. The molecular formula is C8H16N4. The molecule has 0 aliphatic carbocycles. The average Bonchev–Trinajstić information content (AvgIpc) is 2.38. The topological polar surface area (TPSA) is 54.5 Å². The van der Waals surface area contributed by atoms with Gasteiger partial charge in [0, 0.05) is 6.42 Å². The third-order valence-electron chi connectivity index (χ3n) is 1.95. The fourth-order valence-electron chi connectivity index (χ4n) is 1.45. The molecule has 0 amide bonds. The first-order chi connectivity index (χ1) is 5.64. The van der Waals surface area contributed by atoms with Crippen molar-refractivity contribution in [2.75, 3.05) is 0 Å². The van der Waals surface area contributed by atoms with Crippen molar-refractivity contribution in [3.05, 3.63) is 5.82 Å². The molecule has 1 heterocycles. The van der Waals surface area contributed by atoms with E-state index in [4.69, 9.17) is 0 Å². The summed E-state index contributed by atoms with van der Waals surface area (Å²) in [5.74, 6) is 0.813. The molecule has 0 aromatic carbocycles. The van der Waals surface area contributed by atoms with Gasteiger partial charge in [0.2, 0.25) is 0 Å². The second-order valence-corrected chi connectivity index (χ2v) is 3.92. The number of nitrogens with one attached hydrogen (secondary N) is 1. The molecule has 1 aromatic heterocycles. The van der Waals surface area contributed by atoms with Crippen molar-refractivity contribution < 1.29 is 0 Å². The van der Waals surface area contributed by atoms with Crippen LogP contribution in [0.2, 0.25) is 0 Å². The molecule has 12 heavy (non-hydrogen) atoms. The lowest BCUT2D eigenvalue weighted by Crippen LogP contribution is -2.15. The summed E-state index contributed by atoms with van der Waals surface area (Å²) in [6.45, 7) is 6.65. The molecule has 68 valence electrons. The van der Waals surface area contributed by atoms with E-state index in [1.54, 1.807) is 0 Å². The molecule has 0 saturated carbocycles. The Kier molecular flexibility index (Phi) is 2.78. The standard InChI is InChI=1S/C8H16N4/c1-4-5-8(2,3)6-7-9-11-12-10-7/h4-6H2,1-3H3,(H,9,10,11,12). The van der Waals surface area contributed by atoms with Crippen molar-refractivity contribution in [1.82, 2.24) is 20.6 Å². The highest BCUT2D eigenvalue weighted by molar-refractivity contribution is 4.84. The number of nitrogens with zero attached hydrogens (tertiary/aromatic N) is 3. The van der Waals surface area contributed by atoms with E-state index in [9.17, 15) is 0 Å². The summed E-state index contributed by atoms with van der Waals surface area (Å²) in [7, 11) is 0. The molecule has 0 bridgehead atoms. The van der Waals surface area contributed by atoms with Crippen LogP contribution in [0.5, 0.6) is 0 Å². The summed E-state index contributed by atoms with van der Waals surface area (Å²) in [5, 5.41) is 13.9. The van der Waals surface area contributed by atoms with Crippen LogP contribution in [0.1, 0.15) is 39.4 Å². The first-order valence-corrected chi connectivity index (χ1v) is 4.36. The highest BCUT2D eigenvalue weighted by atomic mass is 15.5. The number of hydrogen-bond acceptors (Lipinski definition) is 3. The Labute approximate surface area is 72.8 Å². The minimum absolute atomic E-state index is 0.290. The largest absolute Gasteiger partial charge is 0.177 e. The van der Waals surface area contributed by atoms with Crippen LogP contribution in [0.4, 0.5) is 0 Å². The SMILES string of the molecule is CCCC(C)(C)Cc1nn[nH]n1. The first kappa shape index (κ1) is 9.16. The molecule has 0 unspecified atom stereocenters. The maximum Gasteiger partial charge on any atom is 0.175 e. The molecule has 1 aromatic rings. The van der Waals surface area contributed by atoms with Crippen molar-refractivity contribution in [2.45, 2.75) is 40.0 Å². The van der Waals surface area contributed by atoms with Gasteiger partial charge in [-0.2, -0.15) is 5.21 Å². The van der Waals surface area contributed by atoms with Crippen LogP contribution in [0, 0.1) is 5.41 Å². The third-order valence-corrected chi connectivity index (χ3v) is 1.95. The third kappa shape index (κ3) is 2.60. The lowest BCUT2D eigenvalue weighted by atomic mass is 9.84. The molecular weight excluding hydrogens is 152 g/mol. The minimum Gasteiger partial charge on any atom is -0.177 e. The lowest BCUT2D eigenvalue weighted by molar-refractivity contribution is 0.322. The van der Waals surface area contributed by atoms with Gasteiger partial charge in [-0.1, -0.05) is 32.4 Å². The van der Waals surface area contributed by atoms with Crippen molar-refractivity contribution in [3.8, 4) is 0 Å². The van der Waals surface area contributed by atoms with E-state index in [1.165, 1.54) is 12.8 Å². The fourth-order valence-corrected chi connectivity index (χ4v) is 1.45. The molecule has 4 heteroatoms. The summed E-state index contributed by atoms with van der Waals surface area (Å²) in [6, 6.07) is 0. The van der Waals surface area contributed by atoms with E-state index in [0.717, 1.165) is 12.2 Å². The Morgan fingerprint density at radius 3 is 2.67 bits per heavy atom. The van der Waals surface area contributed by atoms with Gasteiger partial charge in [-0.05, 0) is 11.8 Å². The zero-order valence-electron chi connectivity index (χ0n) is 7.96. The predicted molar refractivity (Wildman–Crippen MR) is 46.6 cm³/mol. The van der Waals surface area contributed by atoms with Crippen LogP contribution < -0.4 is 0 Å². The Morgan fingerprint density at radius 1 is 1.42 bits per heavy atom. The zero-order chi connectivity index (χ0) is 9.03. The van der Waals surface area contributed by atoms with Crippen LogP contribution in [-0.4, -0.2) is 20.6 Å². The maximum atomic E-state index is 3.94. The number of aromatic nitrogens is 4. The van der Waals surface area contributed by atoms with Crippen LogP contribution in [0.25, 0.3) is 0 Å². The van der Waals surface area contributed by atoms with Crippen molar-refractivity contribution in [3.63, 3.8) is 0 Å². The van der Waals surface area contributed by atoms with E-state index in [2.05, 4.69) is 41.4 Å². The first-order valence-electron chi connectivity index (χ1n) is 4.36. The highest BCUT2D eigenvalue weighted by Gasteiger charge is 2.19. The Hall–Kier alpha value is -0.930. The number of aromatic amines is 1. The number of tetrazole rings is 1. The summed E-state index contributed by atoms with van der Waals surface area (Å²) >= 11 is 0. The molecule has 0 atom stereocenters. The molecule has 0 spiro atoms. The molecule has 0 radical (unpaired) electrons. The fraction of sp³-hybridized carbons (Fsp3) is 0.875. The summed E-state index contributed by atoms with van der Waals surface area (Å²) in [5.41, 5.74) is 0.290. The Bertz CT molecular complexity index is 215. The van der Waals surface area contributed by atoms with Gasteiger partial charge in [-0.25, -0.2) is 0 Å². The Morgan fingerprint density at radius 2 is 2.17 bits per heavy atom. The molecule has 4 nitrogen and oxygen atoms in total. The normalized spacial score (nSPS) is 11.9. The zero-order valence-corrected chi connectivity index (χ0v) is 7.96. The van der Waals surface area contributed by atoms with Gasteiger partial charge in [0.05, 0.1) is 0 Å². The summed E-state index contributed by atoms with van der Waals surface area (Å²) < 4.78 is 0. The van der Waals surface area contributed by atoms with E-state index in [0.29, 0.717) is 5.41 Å². The minimum atomic E-state index is 0.290. The van der Waals surface area contributed by atoms with Crippen LogP contribution in [-0.2, 0) is 6.42 Å². The average molecular weight is 168 g/mol. The van der Waals surface area contributed by atoms with E-state index >= 15 is 0 Å². The van der Waals surface area contributed by atoms with Gasteiger partial charge in [0.25, 0.3) is 0 Å². The van der Waals surface area contributed by atoms with Crippen LogP contribution in [0.15, 0.2) is 0 Å². The van der Waals surface area contributed by atoms with Gasteiger partial charge in [0.1, 0.15) is 0 Å².